The van der Waals surface area contributed by atoms with Gasteiger partial charge in [-0.1, -0.05) is 78.9 Å². The number of para-hydroxylation sites is 4. The Labute approximate surface area is 194 Å². The van der Waals surface area contributed by atoms with E-state index in [2.05, 4.69) is 143 Å². The Hall–Kier alpha value is -4.30. The molecule has 158 valence electrons. The fourth-order valence-electron chi connectivity index (χ4n) is 4.76. The molecule has 1 aliphatic carbocycles. The predicted octanol–water partition coefficient (Wildman–Crippen LogP) is 8.32. The van der Waals surface area contributed by atoms with Gasteiger partial charge < -0.3 is 9.47 Å². The van der Waals surface area contributed by atoms with Crippen molar-refractivity contribution in [3.63, 3.8) is 0 Å². The van der Waals surface area contributed by atoms with Crippen LogP contribution in [0.25, 0.3) is 27.5 Å². The second-order valence-corrected chi connectivity index (χ2v) is 8.23. The Morgan fingerprint density at radius 3 is 1.64 bits per heavy atom. The van der Waals surface area contributed by atoms with E-state index in [4.69, 9.17) is 0 Å². The van der Waals surface area contributed by atoms with Crippen LogP contribution >= 0.6 is 0 Å². The molecule has 0 radical (unpaired) electrons. The van der Waals surface area contributed by atoms with Gasteiger partial charge in [0.05, 0.1) is 11.0 Å². The fourth-order valence-corrected chi connectivity index (χ4v) is 4.76. The average Bonchev–Trinajstić information content (AvgIpc) is 3.03. The first-order chi connectivity index (χ1) is 16.4. The molecule has 1 heterocycles. The van der Waals surface area contributed by atoms with Crippen molar-refractivity contribution in [1.82, 2.24) is 4.57 Å². The number of aromatic nitrogens is 1. The van der Waals surface area contributed by atoms with E-state index in [1.165, 1.54) is 33.2 Å². The highest BCUT2D eigenvalue weighted by atomic mass is 15.1. The molecule has 2 heteroatoms. The number of hydrogen-bond acceptors (Lipinski definition) is 1. The van der Waals surface area contributed by atoms with Crippen LogP contribution in [0.1, 0.15) is 6.42 Å². The van der Waals surface area contributed by atoms with Crippen LogP contribution in [0, 0.1) is 0 Å². The number of nitrogens with zero attached hydrogens (tertiary/aromatic N) is 2. The molecular weight excluding hydrogens is 400 g/mol. The van der Waals surface area contributed by atoms with Crippen molar-refractivity contribution in [3.05, 3.63) is 139 Å². The zero-order valence-electron chi connectivity index (χ0n) is 18.3. The van der Waals surface area contributed by atoms with Crippen molar-refractivity contribution < 1.29 is 0 Å². The maximum absolute atomic E-state index is 2.37. The van der Waals surface area contributed by atoms with Gasteiger partial charge >= 0.3 is 0 Å². The summed E-state index contributed by atoms with van der Waals surface area (Å²) in [6.45, 7) is 0. The summed E-state index contributed by atoms with van der Waals surface area (Å²) in [5, 5.41) is 2.57. The van der Waals surface area contributed by atoms with Gasteiger partial charge in [0.15, 0.2) is 0 Å². The first-order valence-corrected chi connectivity index (χ1v) is 11.4. The standard InChI is InChI=1S/C31H24N2/c1-3-12-24(13-4-1)32(25-14-5-2-6-15-25)26-16-11-17-27(23-22-26)33-30-20-9-7-18-28(30)29-19-8-10-21-31(29)33/h1-15,17-23H,16H2. The van der Waals surface area contributed by atoms with E-state index < -0.39 is 0 Å². The van der Waals surface area contributed by atoms with Crippen molar-refractivity contribution in [1.29, 1.82) is 0 Å². The summed E-state index contributed by atoms with van der Waals surface area (Å²) < 4.78 is 2.37. The molecule has 0 unspecified atom stereocenters. The molecule has 1 aromatic heterocycles. The van der Waals surface area contributed by atoms with Gasteiger partial charge in [-0.05, 0) is 54.6 Å². The van der Waals surface area contributed by atoms with Gasteiger partial charge in [-0.2, -0.15) is 0 Å². The van der Waals surface area contributed by atoms with Crippen LogP contribution in [0.5, 0.6) is 0 Å². The normalized spacial score (nSPS) is 13.6. The van der Waals surface area contributed by atoms with Crippen LogP contribution < -0.4 is 4.90 Å². The molecule has 4 aromatic carbocycles. The van der Waals surface area contributed by atoms with E-state index in [0.717, 1.165) is 17.8 Å². The van der Waals surface area contributed by atoms with Gasteiger partial charge in [0.2, 0.25) is 0 Å². The molecular formula is C31H24N2. The Morgan fingerprint density at radius 2 is 1.06 bits per heavy atom. The minimum absolute atomic E-state index is 0.848. The first kappa shape index (κ1) is 19.4. The maximum Gasteiger partial charge on any atom is 0.0541 e. The van der Waals surface area contributed by atoms with Crippen LogP contribution in [0.15, 0.2) is 139 Å². The summed E-state index contributed by atoms with van der Waals surface area (Å²) in [6.07, 6.45) is 9.88. The highest BCUT2D eigenvalue weighted by molar-refractivity contribution is 6.10. The van der Waals surface area contributed by atoms with Crippen LogP contribution in [0.2, 0.25) is 0 Å². The number of hydrogen-bond donors (Lipinski definition) is 0. The lowest BCUT2D eigenvalue weighted by atomic mass is 10.1. The number of fused-ring (bicyclic) bond motifs is 3. The minimum Gasteiger partial charge on any atom is -0.314 e. The lowest BCUT2D eigenvalue weighted by molar-refractivity contribution is 1.08. The van der Waals surface area contributed by atoms with Crippen LogP contribution in [-0.4, -0.2) is 4.57 Å². The molecule has 0 saturated carbocycles. The van der Waals surface area contributed by atoms with Gasteiger partial charge in [0, 0.05) is 40.0 Å². The number of rotatable bonds is 4. The van der Waals surface area contributed by atoms with E-state index >= 15 is 0 Å². The zero-order chi connectivity index (χ0) is 22.0. The molecule has 0 fully saturated rings. The van der Waals surface area contributed by atoms with Gasteiger partial charge in [0.1, 0.15) is 0 Å². The molecule has 33 heavy (non-hydrogen) atoms. The number of anilines is 2. The third-order valence-electron chi connectivity index (χ3n) is 6.22. The highest BCUT2D eigenvalue weighted by Gasteiger charge is 2.16. The lowest BCUT2D eigenvalue weighted by Gasteiger charge is -2.27. The monoisotopic (exact) mass is 424 g/mol. The zero-order valence-corrected chi connectivity index (χ0v) is 18.3. The van der Waals surface area contributed by atoms with Crippen molar-refractivity contribution in [2.24, 2.45) is 0 Å². The predicted molar refractivity (Wildman–Crippen MR) is 141 cm³/mol. The molecule has 0 saturated heterocycles. The minimum atomic E-state index is 0.848. The molecule has 1 aliphatic rings. The third kappa shape index (κ3) is 3.46. The summed E-state index contributed by atoms with van der Waals surface area (Å²) >= 11 is 0. The van der Waals surface area contributed by atoms with Gasteiger partial charge in [-0.3, -0.25) is 0 Å². The Kier molecular flexibility index (Phi) is 4.89. The topological polar surface area (TPSA) is 8.17 Å². The average molecular weight is 425 g/mol. The van der Waals surface area contributed by atoms with Crippen molar-refractivity contribution in [3.8, 4) is 0 Å². The molecule has 2 nitrogen and oxygen atoms in total. The molecule has 0 atom stereocenters. The second-order valence-electron chi connectivity index (χ2n) is 8.23. The Balaban J connectivity index is 1.51. The van der Waals surface area contributed by atoms with Crippen molar-refractivity contribution in [2.75, 3.05) is 4.90 Å². The number of benzene rings is 4. The Morgan fingerprint density at radius 1 is 0.545 bits per heavy atom. The summed E-state index contributed by atoms with van der Waals surface area (Å²) in [6, 6.07) is 38.5. The van der Waals surface area contributed by atoms with E-state index in [0.29, 0.717) is 0 Å². The van der Waals surface area contributed by atoms with Gasteiger partial charge in [0.25, 0.3) is 0 Å². The van der Waals surface area contributed by atoms with E-state index in [9.17, 15) is 0 Å². The first-order valence-electron chi connectivity index (χ1n) is 11.4. The summed E-state index contributed by atoms with van der Waals surface area (Å²) in [5.74, 6) is 0. The molecule has 0 aliphatic heterocycles. The van der Waals surface area contributed by atoms with Crippen LogP contribution in [0.3, 0.4) is 0 Å². The third-order valence-corrected chi connectivity index (χ3v) is 6.22. The summed E-state index contributed by atoms with van der Waals surface area (Å²) in [4.78, 5) is 2.34. The largest absolute Gasteiger partial charge is 0.314 e. The van der Waals surface area contributed by atoms with Crippen molar-refractivity contribution in [2.45, 2.75) is 6.42 Å². The van der Waals surface area contributed by atoms with E-state index in [1.54, 1.807) is 0 Å². The molecule has 0 bridgehead atoms. The molecule has 5 aromatic rings. The summed E-state index contributed by atoms with van der Waals surface area (Å²) in [5.41, 5.74) is 7.20. The fraction of sp³-hybridized carbons (Fsp3) is 0.0323. The molecule has 0 spiro atoms. The van der Waals surface area contributed by atoms with Gasteiger partial charge in [-0.15, -0.1) is 0 Å². The second kappa shape index (κ2) is 8.33. The van der Waals surface area contributed by atoms with E-state index in [1.807, 2.05) is 0 Å². The van der Waals surface area contributed by atoms with Crippen LogP contribution in [0.4, 0.5) is 11.4 Å². The summed E-state index contributed by atoms with van der Waals surface area (Å²) in [7, 11) is 0. The smallest absolute Gasteiger partial charge is 0.0541 e. The lowest BCUT2D eigenvalue weighted by Crippen LogP contribution is -2.15. The van der Waals surface area contributed by atoms with Crippen molar-refractivity contribution >= 4 is 38.9 Å². The Bertz CT molecular complexity index is 1430. The quantitative estimate of drug-likeness (QED) is 0.282. The SMILES string of the molecule is C1=CC(n2c3ccccc3c3ccccc32)=CC=C(N(c2ccccc2)c2ccccc2)C1. The van der Waals surface area contributed by atoms with Crippen LogP contribution in [-0.2, 0) is 0 Å². The van der Waals surface area contributed by atoms with Gasteiger partial charge in [-0.25, -0.2) is 0 Å². The van der Waals surface area contributed by atoms with E-state index in [-0.39, 0.29) is 0 Å². The highest BCUT2D eigenvalue weighted by Crippen LogP contribution is 2.35. The maximum atomic E-state index is 2.37. The molecule has 0 amide bonds. The molecule has 0 N–H and O–H groups in total. The number of allylic oxidation sites excluding steroid dienone is 5. The molecule has 6 rings (SSSR count).